The third-order valence-electron chi connectivity index (χ3n) is 7.41. The fraction of sp³-hybridized carbons (Fsp3) is 0.429. The highest BCUT2D eigenvalue weighted by atomic mass is 35.5. The number of rotatable bonds is 6. The summed E-state index contributed by atoms with van der Waals surface area (Å²) in [5, 5.41) is 0.625. The average Bonchev–Trinajstić information content (AvgIpc) is 3.42. The minimum Gasteiger partial charge on any atom is -0.480 e. The summed E-state index contributed by atoms with van der Waals surface area (Å²) in [5.74, 6) is 0.900. The van der Waals surface area contributed by atoms with Gasteiger partial charge in [0.2, 0.25) is 11.8 Å². The van der Waals surface area contributed by atoms with Crippen LogP contribution in [-0.4, -0.2) is 95.6 Å². The molecule has 39 heavy (non-hydrogen) atoms. The fourth-order valence-electron chi connectivity index (χ4n) is 5.70. The van der Waals surface area contributed by atoms with Crippen LogP contribution in [0.2, 0.25) is 5.02 Å². The lowest BCUT2D eigenvalue weighted by molar-refractivity contribution is 0.0485. The normalized spacial score (nSPS) is 17.9. The number of amides is 3. The summed E-state index contributed by atoms with van der Waals surface area (Å²) in [5.41, 5.74) is 4.00. The fourth-order valence-corrected chi connectivity index (χ4v) is 5.83. The van der Waals surface area contributed by atoms with Crippen molar-refractivity contribution in [3.05, 3.63) is 58.4 Å². The van der Waals surface area contributed by atoms with E-state index < -0.39 is 0 Å². The Labute approximate surface area is 233 Å². The lowest BCUT2D eigenvalue weighted by Gasteiger charge is -2.43. The standard InChI is InChI=1S/C28H34ClN7O3/c1-16(2)35-22(21-13-30-27(32(3)4)31-25(21)39-7)12-20-24(35)23(17-8-10-18(29)11-9-17)36(26(20)37)19-14-33(5)28(38)34(6)15-19/h8-13,16,19,23H,14-15H2,1-7H3/t23-/m0/s1. The van der Waals surface area contributed by atoms with Gasteiger partial charge in [0.15, 0.2) is 0 Å². The van der Waals surface area contributed by atoms with Crippen molar-refractivity contribution in [1.29, 1.82) is 0 Å². The Morgan fingerprint density at radius 3 is 2.26 bits per heavy atom. The molecule has 0 radical (unpaired) electrons. The van der Waals surface area contributed by atoms with E-state index in [2.05, 4.69) is 28.4 Å². The molecule has 0 aliphatic carbocycles. The van der Waals surface area contributed by atoms with Crippen molar-refractivity contribution in [2.75, 3.05) is 53.3 Å². The van der Waals surface area contributed by atoms with E-state index in [9.17, 15) is 9.59 Å². The van der Waals surface area contributed by atoms with Crippen molar-refractivity contribution in [2.24, 2.45) is 0 Å². The van der Waals surface area contributed by atoms with Crippen LogP contribution in [-0.2, 0) is 0 Å². The quantitative estimate of drug-likeness (QED) is 0.457. The first kappa shape index (κ1) is 26.8. The zero-order valence-electron chi connectivity index (χ0n) is 23.3. The zero-order valence-corrected chi connectivity index (χ0v) is 24.1. The number of aromatic nitrogens is 3. The van der Waals surface area contributed by atoms with Crippen molar-refractivity contribution in [2.45, 2.75) is 32.0 Å². The molecule has 0 bridgehead atoms. The third kappa shape index (κ3) is 4.46. The number of halogens is 1. The Kier molecular flexibility index (Phi) is 6.92. The topological polar surface area (TPSA) is 87.0 Å². The van der Waals surface area contributed by atoms with Gasteiger partial charge in [-0.15, -0.1) is 0 Å². The van der Waals surface area contributed by atoms with Gasteiger partial charge in [0.1, 0.15) is 0 Å². The number of benzene rings is 1. The second-order valence-corrected chi connectivity index (χ2v) is 11.1. The maximum atomic E-state index is 14.3. The van der Waals surface area contributed by atoms with Crippen molar-refractivity contribution >= 4 is 29.5 Å². The predicted octanol–water partition coefficient (Wildman–Crippen LogP) is 4.17. The smallest absolute Gasteiger partial charge is 0.319 e. The number of likely N-dealkylation sites (N-methyl/N-ethyl adjacent to an activating group) is 2. The minimum atomic E-state index is -0.367. The number of fused-ring (bicyclic) bond motifs is 1. The molecule has 3 amide bonds. The van der Waals surface area contributed by atoms with Gasteiger partial charge in [0, 0.05) is 58.5 Å². The number of methoxy groups -OCH3 is 1. The first-order valence-corrected chi connectivity index (χ1v) is 13.3. The Bertz CT molecular complexity index is 1410. The number of urea groups is 1. The SMILES string of the molecule is COc1nc(N(C)C)ncc1-c1cc2c(n1C(C)C)[C@H](c1ccc(Cl)cc1)N(C1CN(C)C(=O)N(C)C1)C2=O. The van der Waals surface area contributed by atoms with Crippen molar-refractivity contribution in [3.8, 4) is 17.1 Å². The van der Waals surface area contributed by atoms with Gasteiger partial charge in [0.25, 0.3) is 5.91 Å². The zero-order chi connectivity index (χ0) is 28.2. The molecule has 5 rings (SSSR count). The van der Waals surface area contributed by atoms with Crippen LogP contribution in [0.3, 0.4) is 0 Å². The molecule has 0 N–H and O–H groups in total. The molecule has 1 fully saturated rings. The molecule has 0 spiro atoms. The lowest BCUT2D eigenvalue weighted by Crippen LogP contribution is -2.59. The summed E-state index contributed by atoms with van der Waals surface area (Å²) in [6.45, 7) is 5.09. The summed E-state index contributed by atoms with van der Waals surface area (Å²) in [4.78, 5) is 43.0. The molecule has 206 valence electrons. The summed E-state index contributed by atoms with van der Waals surface area (Å²) in [6, 6.07) is 8.96. The van der Waals surface area contributed by atoms with Crippen molar-refractivity contribution < 1.29 is 14.3 Å². The molecule has 2 aliphatic heterocycles. The Hall–Kier alpha value is -3.79. The number of nitrogens with zero attached hydrogens (tertiary/aromatic N) is 7. The highest BCUT2D eigenvalue weighted by molar-refractivity contribution is 6.30. The van der Waals surface area contributed by atoms with E-state index in [0.29, 0.717) is 41.1 Å². The predicted molar refractivity (Wildman–Crippen MR) is 151 cm³/mol. The maximum Gasteiger partial charge on any atom is 0.319 e. The van der Waals surface area contributed by atoms with Gasteiger partial charge in [-0.1, -0.05) is 23.7 Å². The summed E-state index contributed by atoms with van der Waals surface area (Å²) < 4.78 is 7.87. The summed E-state index contributed by atoms with van der Waals surface area (Å²) >= 11 is 6.25. The van der Waals surface area contributed by atoms with E-state index in [4.69, 9.17) is 16.3 Å². The molecule has 11 heteroatoms. The van der Waals surface area contributed by atoms with Crippen LogP contribution in [0.5, 0.6) is 5.88 Å². The Morgan fingerprint density at radius 2 is 1.69 bits per heavy atom. The molecule has 1 saturated heterocycles. The van der Waals surface area contributed by atoms with E-state index in [-0.39, 0.29) is 30.1 Å². The molecule has 4 heterocycles. The van der Waals surface area contributed by atoms with E-state index in [1.54, 1.807) is 37.2 Å². The highest BCUT2D eigenvalue weighted by Crippen LogP contribution is 2.46. The second kappa shape index (κ2) is 10.1. The van der Waals surface area contributed by atoms with Gasteiger partial charge >= 0.3 is 6.03 Å². The van der Waals surface area contributed by atoms with Gasteiger partial charge in [-0.3, -0.25) is 4.79 Å². The Balaban J connectivity index is 1.70. The number of ether oxygens (including phenoxy) is 1. The molecule has 1 atom stereocenters. The number of hydrogen-bond acceptors (Lipinski definition) is 6. The summed E-state index contributed by atoms with van der Waals surface area (Å²) in [6.07, 6.45) is 1.75. The molecule has 3 aromatic rings. The van der Waals surface area contributed by atoms with Crippen molar-refractivity contribution in [1.82, 2.24) is 29.2 Å². The van der Waals surface area contributed by atoms with Crippen LogP contribution in [0.15, 0.2) is 36.5 Å². The molecular weight excluding hydrogens is 518 g/mol. The van der Waals surface area contributed by atoms with E-state index in [1.807, 2.05) is 54.2 Å². The number of anilines is 1. The van der Waals surface area contributed by atoms with Crippen LogP contribution < -0.4 is 9.64 Å². The average molecular weight is 552 g/mol. The Morgan fingerprint density at radius 1 is 1.05 bits per heavy atom. The molecule has 2 aliphatic rings. The molecule has 0 saturated carbocycles. The number of hydrogen-bond donors (Lipinski definition) is 0. The van der Waals surface area contributed by atoms with Crippen molar-refractivity contribution in [3.63, 3.8) is 0 Å². The summed E-state index contributed by atoms with van der Waals surface area (Å²) in [7, 11) is 8.87. The molecule has 10 nitrogen and oxygen atoms in total. The molecular formula is C28H34ClN7O3. The van der Waals surface area contributed by atoms with Gasteiger partial charge in [-0.25, -0.2) is 9.78 Å². The van der Waals surface area contributed by atoms with Crippen LogP contribution in [0, 0.1) is 0 Å². The van der Waals surface area contributed by atoms with E-state index in [0.717, 1.165) is 17.0 Å². The van der Waals surface area contributed by atoms with E-state index in [1.165, 1.54) is 0 Å². The van der Waals surface area contributed by atoms with Gasteiger partial charge in [-0.05, 0) is 37.6 Å². The monoisotopic (exact) mass is 551 g/mol. The van der Waals surface area contributed by atoms with Gasteiger partial charge in [-0.2, -0.15) is 4.98 Å². The second-order valence-electron chi connectivity index (χ2n) is 10.6. The minimum absolute atomic E-state index is 0.0165. The third-order valence-corrected chi connectivity index (χ3v) is 7.66. The largest absolute Gasteiger partial charge is 0.480 e. The molecule has 2 aromatic heterocycles. The van der Waals surface area contributed by atoms with Crippen LogP contribution in [0.25, 0.3) is 11.3 Å². The van der Waals surface area contributed by atoms with Gasteiger partial charge < -0.3 is 28.9 Å². The molecule has 1 aromatic carbocycles. The maximum absolute atomic E-state index is 14.3. The highest BCUT2D eigenvalue weighted by Gasteiger charge is 2.47. The van der Waals surface area contributed by atoms with Crippen LogP contribution in [0.1, 0.15) is 47.5 Å². The number of carbonyl (C=O) groups excluding carboxylic acids is 2. The first-order valence-electron chi connectivity index (χ1n) is 12.9. The van der Waals surface area contributed by atoms with Crippen LogP contribution in [0.4, 0.5) is 10.7 Å². The van der Waals surface area contributed by atoms with Crippen LogP contribution >= 0.6 is 11.6 Å². The number of carbonyl (C=O) groups is 2. The lowest BCUT2D eigenvalue weighted by atomic mass is 10.0. The molecule has 0 unspecified atom stereocenters. The van der Waals surface area contributed by atoms with E-state index >= 15 is 0 Å². The first-order chi connectivity index (χ1) is 18.5. The van der Waals surface area contributed by atoms with Gasteiger partial charge in [0.05, 0.1) is 41.7 Å².